The van der Waals surface area contributed by atoms with Crippen molar-refractivity contribution in [1.29, 1.82) is 0 Å². The van der Waals surface area contributed by atoms with Crippen molar-refractivity contribution in [2.24, 2.45) is 5.14 Å². The summed E-state index contributed by atoms with van der Waals surface area (Å²) in [5.41, 5.74) is 5.85. The molecule has 0 radical (unpaired) electrons. The van der Waals surface area contributed by atoms with Crippen LogP contribution in [0.5, 0.6) is 0 Å². The maximum absolute atomic E-state index is 10.7. The molecule has 1 aromatic heterocycles. The van der Waals surface area contributed by atoms with Crippen LogP contribution in [0.3, 0.4) is 0 Å². The van der Waals surface area contributed by atoms with Crippen LogP contribution in [0.25, 0.3) is 0 Å². The number of rotatable bonds is 1. The van der Waals surface area contributed by atoms with Crippen molar-refractivity contribution in [3.8, 4) is 0 Å². The Labute approximate surface area is 92.9 Å². The lowest BCUT2D eigenvalue weighted by molar-refractivity contribution is 0.558. The first-order chi connectivity index (χ1) is 7.50. The van der Waals surface area contributed by atoms with Crippen molar-refractivity contribution in [3.63, 3.8) is 0 Å². The first-order valence-electron chi connectivity index (χ1n) is 4.20. The van der Waals surface area contributed by atoms with E-state index in [2.05, 4.69) is 9.40 Å². The van der Waals surface area contributed by atoms with E-state index in [-0.39, 0.29) is 4.90 Å². The molecule has 0 amide bonds. The maximum atomic E-state index is 10.7. The first-order valence-corrected chi connectivity index (χ1v) is 5.75. The monoisotopic (exact) mass is 241 g/mol. The van der Waals surface area contributed by atoms with Crippen molar-refractivity contribution in [1.82, 2.24) is 4.98 Å². The van der Waals surface area contributed by atoms with Gasteiger partial charge >= 0.3 is 0 Å². The Kier molecular flexibility index (Phi) is 4.03. The van der Waals surface area contributed by atoms with E-state index in [4.69, 9.17) is 10.9 Å². The summed E-state index contributed by atoms with van der Waals surface area (Å²) in [5.74, 6) is 0. The summed E-state index contributed by atoms with van der Waals surface area (Å²) < 4.78 is 25.8. The molecule has 0 atom stereocenters. The van der Waals surface area contributed by atoms with Crippen LogP contribution in [0, 0.1) is 0 Å². The first kappa shape index (κ1) is 12.2. The molecule has 0 saturated heterocycles. The van der Waals surface area contributed by atoms with Crippen LogP contribution >= 0.6 is 0 Å². The number of oxazole rings is 1. The van der Waals surface area contributed by atoms with Gasteiger partial charge in [0.05, 0.1) is 11.1 Å². The summed E-state index contributed by atoms with van der Waals surface area (Å²) in [6.07, 6.45) is 4.47. The van der Waals surface area contributed by atoms with Gasteiger partial charge in [-0.2, -0.15) is 0 Å². The van der Waals surface area contributed by atoms with Crippen LogP contribution in [0.4, 0.5) is 5.69 Å². The lowest BCUT2D eigenvalue weighted by Gasteiger charge is -1.96. The third kappa shape index (κ3) is 4.11. The average Bonchev–Trinajstić information content (AvgIpc) is 2.74. The number of aromatic nitrogens is 1. The van der Waals surface area contributed by atoms with E-state index >= 15 is 0 Å². The van der Waals surface area contributed by atoms with Gasteiger partial charge in [-0.25, -0.2) is 18.5 Å². The fourth-order valence-electron chi connectivity index (χ4n) is 0.833. The minimum absolute atomic E-state index is 0.0756. The molecule has 1 aromatic carbocycles. The van der Waals surface area contributed by atoms with Crippen LogP contribution in [0.1, 0.15) is 0 Å². The Hall–Kier alpha value is -1.86. The minimum atomic E-state index is -3.58. The number of sulfonamides is 1. The maximum Gasteiger partial charge on any atom is 0.238 e. The van der Waals surface area contributed by atoms with Gasteiger partial charge in [0.2, 0.25) is 10.0 Å². The number of benzene rings is 1. The Morgan fingerprint density at radius 1 is 1.19 bits per heavy atom. The van der Waals surface area contributed by atoms with E-state index in [1.807, 2.05) is 0 Å². The fraction of sp³-hybridized carbons (Fsp3) is 0. The summed E-state index contributed by atoms with van der Waals surface area (Å²) in [4.78, 5) is 3.63. The third-order valence-electron chi connectivity index (χ3n) is 1.56. The molecule has 2 rings (SSSR count). The van der Waals surface area contributed by atoms with Gasteiger partial charge in [0.25, 0.3) is 0 Å². The SMILES string of the molecule is Nc1ccc(S(N)(=O)=O)cc1.c1cocn1. The van der Waals surface area contributed by atoms with Crippen LogP contribution in [-0.4, -0.2) is 13.4 Å². The molecular formula is C9H11N3O3S. The standard InChI is InChI=1S/C6H8N2O2S.C3H3NO/c7-5-1-3-6(4-2-5)11(8,9)10;1-2-5-3-4-1/h1-4H,7H2,(H2,8,9,10);1-3H. The molecular weight excluding hydrogens is 230 g/mol. The van der Waals surface area contributed by atoms with Crippen LogP contribution in [0.15, 0.2) is 52.4 Å². The van der Waals surface area contributed by atoms with E-state index < -0.39 is 10.0 Å². The van der Waals surface area contributed by atoms with Gasteiger partial charge < -0.3 is 10.2 Å². The number of hydrogen-bond donors (Lipinski definition) is 2. The topological polar surface area (TPSA) is 112 Å². The molecule has 16 heavy (non-hydrogen) atoms. The number of nitrogen functional groups attached to an aromatic ring is 1. The molecule has 7 heteroatoms. The van der Waals surface area contributed by atoms with Gasteiger partial charge in [-0.15, -0.1) is 0 Å². The molecule has 6 nitrogen and oxygen atoms in total. The quantitative estimate of drug-likeness (QED) is 0.709. The van der Waals surface area contributed by atoms with Crippen molar-refractivity contribution >= 4 is 15.7 Å². The Bertz CT molecular complexity index is 488. The van der Waals surface area contributed by atoms with Gasteiger partial charge in [-0.05, 0) is 24.3 Å². The summed E-state index contributed by atoms with van der Waals surface area (Å²) in [6.45, 7) is 0. The predicted octanol–water partition coefficient (Wildman–Crippen LogP) is 0.591. The molecule has 0 spiro atoms. The van der Waals surface area contributed by atoms with Crippen LogP contribution < -0.4 is 10.9 Å². The summed E-state index contributed by atoms with van der Waals surface area (Å²) >= 11 is 0. The number of primary sulfonamides is 1. The number of nitrogens with zero attached hydrogens (tertiary/aromatic N) is 1. The number of anilines is 1. The molecule has 2 aromatic rings. The van der Waals surface area contributed by atoms with Gasteiger partial charge in [0.1, 0.15) is 6.26 Å². The van der Waals surface area contributed by atoms with Gasteiger partial charge in [0.15, 0.2) is 6.39 Å². The summed E-state index contributed by atoms with van der Waals surface area (Å²) in [6, 6.07) is 5.70. The average molecular weight is 241 g/mol. The van der Waals surface area contributed by atoms with Crippen LogP contribution in [0.2, 0.25) is 0 Å². The molecule has 86 valence electrons. The number of nitrogens with two attached hydrogens (primary N) is 2. The molecule has 0 aliphatic rings. The molecule has 0 fully saturated rings. The molecule has 1 heterocycles. The summed E-state index contributed by atoms with van der Waals surface area (Å²) in [5, 5.41) is 4.84. The van der Waals surface area contributed by atoms with Gasteiger partial charge in [-0.3, -0.25) is 0 Å². The van der Waals surface area contributed by atoms with Crippen molar-refractivity contribution in [3.05, 3.63) is 43.1 Å². The van der Waals surface area contributed by atoms with Crippen molar-refractivity contribution in [2.45, 2.75) is 4.90 Å². The highest BCUT2D eigenvalue weighted by Gasteiger charge is 2.04. The van der Waals surface area contributed by atoms with Crippen molar-refractivity contribution < 1.29 is 12.8 Å². The van der Waals surface area contributed by atoms with Crippen LogP contribution in [-0.2, 0) is 10.0 Å². The highest BCUT2D eigenvalue weighted by molar-refractivity contribution is 7.89. The van der Waals surface area contributed by atoms with E-state index in [0.717, 1.165) is 0 Å². The lowest BCUT2D eigenvalue weighted by atomic mass is 10.3. The number of hydrogen-bond acceptors (Lipinski definition) is 5. The highest BCUT2D eigenvalue weighted by atomic mass is 32.2. The molecule has 0 aliphatic carbocycles. The second-order valence-electron chi connectivity index (χ2n) is 2.79. The van der Waals surface area contributed by atoms with E-state index in [1.165, 1.54) is 36.9 Å². The highest BCUT2D eigenvalue weighted by Crippen LogP contribution is 2.08. The second-order valence-corrected chi connectivity index (χ2v) is 4.35. The molecule has 4 N–H and O–H groups in total. The Morgan fingerprint density at radius 2 is 1.81 bits per heavy atom. The smallest absolute Gasteiger partial charge is 0.238 e. The molecule has 0 saturated carbocycles. The minimum Gasteiger partial charge on any atom is -0.452 e. The van der Waals surface area contributed by atoms with Crippen molar-refractivity contribution in [2.75, 3.05) is 5.73 Å². The molecule has 0 bridgehead atoms. The molecule has 0 aliphatic heterocycles. The Morgan fingerprint density at radius 3 is 2.12 bits per heavy atom. The van der Waals surface area contributed by atoms with Gasteiger partial charge in [0, 0.05) is 5.69 Å². The zero-order chi connectivity index (χ0) is 12.0. The third-order valence-corrected chi connectivity index (χ3v) is 2.49. The normalized spacial score (nSPS) is 10.3. The molecule has 0 unspecified atom stereocenters. The lowest BCUT2D eigenvalue weighted by Crippen LogP contribution is -2.11. The fourth-order valence-corrected chi connectivity index (χ4v) is 1.35. The van der Waals surface area contributed by atoms with Gasteiger partial charge in [-0.1, -0.05) is 0 Å². The van der Waals surface area contributed by atoms with E-state index in [0.29, 0.717) is 5.69 Å². The van der Waals surface area contributed by atoms with E-state index in [1.54, 1.807) is 6.20 Å². The second kappa shape index (κ2) is 5.29. The zero-order valence-corrected chi connectivity index (χ0v) is 9.09. The Balaban J connectivity index is 0.000000212. The van der Waals surface area contributed by atoms with E-state index in [9.17, 15) is 8.42 Å². The predicted molar refractivity (Wildman–Crippen MR) is 58.7 cm³/mol. The zero-order valence-electron chi connectivity index (χ0n) is 8.28. The summed E-state index contributed by atoms with van der Waals surface area (Å²) in [7, 11) is -3.58. The largest absolute Gasteiger partial charge is 0.452 e.